The molecule has 43 heavy (non-hydrogen) atoms. The predicted octanol–water partition coefficient (Wildman–Crippen LogP) is 7.12. The van der Waals surface area contributed by atoms with Crippen molar-refractivity contribution < 1.29 is 23.4 Å². The first-order valence-electron chi connectivity index (χ1n) is 12.9. The molecule has 10 heteroatoms. The van der Waals surface area contributed by atoms with E-state index in [9.17, 15) is 14.9 Å². The smallest absolute Gasteiger partial charge is 0.351 e. The number of hydrogen-bond acceptors (Lipinski definition) is 8. The third-order valence-electron chi connectivity index (χ3n) is 6.86. The monoisotopic (exact) mass is 610 g/mol. The number of ether oxygens (including phenoxy) is 3. The Morgan fingerprint density at radius 2 is 1.79 bits per heavy atom. The van der Waals surface area contributed by atoms with E-state index in [0.29, 0.717) is 32.3 Å². The highest BCUT2D eigenvalue weighted by Crippen LogP contribution is 2.44. The Morgan fingerprint density at radius 1 is 0.953 bits per heavy atom. The molecule has 0 fully saturated rings. The zero-order chi connectivity index (χ0) is 30.1. The molecule has 0 spiro atoms. The Balaban J connectivity index is 1.28. The van der Waals surface area contributed by atoms with Crippen LogP contribution >= 0.6 is 23.2 Å². The molecule has 0 radical (unpaired) electrons. The third kappa shape index (κ3) is 5.64. The molecule has 2 heterocycles. The number of carbonyl (C=O) groups is 1. The quantitative estimate of drug-likeness (QED) is 0.122. The molecular weight excluding hydrogens is 591 g/mol. The standard InChI is InChI=1S/C33H20Cl2N2O6/c34-21-9-8-20(27(35)14-21)17-40-22-6-3-5-19(12-22)30-24-11-10-23(15-29(24)42-31(37)26(30)16-36)41-32(38)25-13-18-4-1-2-7-28(18)43-33(25)39/h1-15,30H,17,37H2. The average molecular weight is 611 g/mol. The number of carbonyl (C=O) groups excluding carboxylic acids is 1. The summed E-state index contributed by atoms with van der Waals surface area (Å²) in [5.41, 5.74) is 7.77. The van der Waals surface area contributed by atoms with Gasteiger partial charge in [0.05, 0.1) is 5.92 Å². The second-order valence-corrected chi connectivity index (χ2v) is 10.4. The van der Waals surface area contributed by atoms with Crippen LogP contribution in [0.1, 0.15) is 33.0 Å². The number of hydrogen-bond donors (Lipinski definition) is 1. The Hall–Kier alpha value is -5.23. The number of halogens is 2. The van der Waals surface area contributed by atoms with E-state index in [1.807, 2.05) is 6.07 Å². The number of esters is 1. The number of allylic oxidation sites excluding steroid dienone is 1. The van der Waals surface area contributed by atoms with E-state index in [4.69, 9.17) is 47.6 Å². The second-order valence-electron chi connectivity index (χ2n) is 9.60. The summed E-state index contributed by atoms with van der Waals surface area (Å²) in [4.78, 5) is 25.3. The highest BCUT2D eigenvalue weighted by Gasteiger charge is 2.31. The van der Waals surface area contributed by atoms with Crippen LogP contribution in [-0.2, 0) is 6.61 Å². The number of nitrogens with zero attached hydrogens (tertiary/aromatic N) is 1. The minimum atomic E-state index is -0.890. The van der Waals surface area contributed by atoms with Gasteiger partial charge in [0, 0.05) is 32.6 Å². The van der Waals surface area contributed by atoms with Crippen LogP contribution in [0, 0.1) is 11.3 Å². The fourth-order valence-electron chi connectivity index (χ4n) is 4.79. The van der Waals surface area contributed by atoms with Crippen molar-refractivity contribution in [2.75, 3.05) is 0 Å². The van der Waals surface area contributed by atoms with Gasteiger partial charge in [-0.05, 0) is 48.0 Å². The maximum absolute atomic E-state index is 12.9. The predicted molar refractivity (Wildman–Crippen MR) is 160 cm³/mol. The first kappa shape index (κ1) is 27.9. The van der Waals surface area contributed by atoms with Crippen LogP contribution in [0.4, 0.5) is 0 Å². The van der Waals surface area contributed by atoms with Crippen LogP contribution in [0.15, 0.2) is 112 Å². The molecule has 212 valence electrons. The topological polar surface area (TPSA) is 125 Å². The summed E-state index contributed by atoms with van der Waals surface area (Å²) in [7, 11) is 0. The van der Waals surface area contributed by atoms with Crippen LogP contribution in [0.2, 0.25) is 10.0 Å². The Labute approximate surface area is 255 Å². The van der Waals surface area contributed by atoms with Gasteiger partial charge < -0.3 is 24.4 Å². The second kappa shape index (κ2) is 11.6. The van der Waals surface area contributed by atoms with Gasteiger partial charge in [0.15, 0.2) is 0 Å². The number of nitrogens with two attached hydrogens (primary N) is 1. The van der Waals surface area contributed by atoms with Crippen molar-refractivity contribution in [3.05, 3.63) is 145 Å². The van der Waals surface area contributed by atoms with Crippen LogP contribution < -0.4 is 25.6 Å². The van der Waals surface area contributed by atoms with Gasteiger partial charge in [0.1, 0.15) is 46.6 Å². The zero-order valence-corrected chi connectivity index (χ0v) is 23.7. The first-order valence-corrected chi connectivity index (χ1v) is 13.7. The molecule has 0 saturated heterocycles. The molecule has 8 nitrogen and oxygen atoms in total. The number of rotatable bonds is 6. The average Bonchev–Trinajstić information content (AvgIpc) is 2.99. The largest absolute Gasteiger partial charge is 0.489 e. The van der Waals surface area contributed by atoms with Gasteiger partial charge in [0.25, 0.3) is 0 Å². The lowest BCUT2D eigenvalue weighted by atomic mass is 9.83. The van der Waals surface area contributed by atoms with Gasteiger partial charge in [-0.1, -0.05) is 65.7 Å². The molecular formula is C33H20Cl2N2O6. The van der Waals surface area contributed by atoms with E-state index in [2.05, 4.69) is 6.07 Å². The van der Waals surface area contributed by atoms with Crippen molar-refractivity contribution in [3.8, 4) is 23.3 Å². The molecule has 0 saturated carbocycles. The maximum Gasteiger partial charge on any atom is 0.351 e. The zero-order valence-electron chi connectivity index (χ0n) is 22.2. The summed E-state index contributed by atoms with van der Waals surface area (Å²) in [6.07, 6.45) is 0. The lowest BCUT2D eigenvalue weighted by Crippen LogP contribution is -2.22. The van der Waals surface area contributed by atoms with Crippen molar-refractivity contribution in [1.82, 2.24) is 0 Å². The summed E-state index contributed by atoms with van der Waals surface area (Å²) < 4.78 is 22.5. The van der Waals surface area contributed by atoms with E-state index in [0.717, 1.165) is 11.1 Å². The van der Waals surface area contributed by atoms with Crippen molar-refractivity contribution in [3.63, 3.8) is 0 Å². The first-order chi connectivity index (χ1) is 20.8. The van der Waals surface area contributed by atoms with E-state index >= 15 is 0 Å². The summed E-state index contributed by atoms with van der Waals surface area (Å²) >= 11 is 12.3. The summed E-state index contributed by atoms with van der Waals surface area (Å²) in [6, 6.07) is 27.5. The van der Waals surface area contributed by atoms with Gasteiger partial charge in [-0.2, -0.15) is 5.26 Å². The molecule has 0 aliphatic carbocycles. The van der Waals surface area contributed by atoms with Crippen LogP contribution in [0.25, 0.3) is 11.0 Å². The van der Waals surface area contributed by atoms with Crippen LogP contribution in [0.3, 0.4) is 0 Å². The maximum atomic E-state index is 12.9. The number of benzene rings is 4. The Bertz CT molecular complexity index is 2050. The summed E-state index contributed by atoms with van der Waals surface area (Å²) in [5, 5.41) is 11.6. The highest BCUT2D eigenvalue weighted by molar-refractivity contribution is 6.35. The van der Waals surface area contributed by atoms with Crippen molar-refractivity contribution in [2.45, 2.75) is 12.5 Å². The SMILES string of the molecule is N#CC1=C(N)Oc2cc(OC(=O)c3cc4ccccc4oc3=O)ccc2C1c1cccc(OCc2ccc(Cl)cc2Cl)c1. The molecule has 1 aromatic heterocycles. The number of nitriles is 1. The number of para-hydroxylation sites is 1. The highest BCUT2D eigenvalue weighted by atomic mass is 35.5. The summed E-state index contributed by atoms with van der Waals surface area (Å²) in [6.45, 7) is 0.206. The third-order valence-corrected chi connectivity index (χ3v) is 7.45. The minimum Gasteiger partial charge on any atom is -0.489 e. The van der Waals surface area contributed by atoms with Gasteiger partial charge in [-0.3, -0.25) is 0 Å². The van der Waals surface area contributed by atoms with Crippen LogP contribution in [-0.4, -0.2) is 5.97 Å². The van der Waals surface area contributed by atoms with Crippen molar-refractivity contribution >= 4 is 40.1 Å². The molecule has 6 rings (SSSR count). The summed E-state index contributed by atoms with van der Waals surface area (Å²) in [5.74, 6) is -0.616. The van der Waals surface area contributed by atoms with Crippen molar-refractivity contribution in [2.24, 2.45) is 5.73 Å². The van der Waals surface area contributed by atoms with E-state index < -0.39 is 17.5 Å². The van der Waals surface area contributed by atoms with Gasteiger partial charge >= 0.3 is 11.6 Å². The Morgan fingerprint density at radius 3 is 2.60 bits per heavy atom. The lowest BCUT2D eigenvalue weighted by Gasteiger charge is -2.27. The number of fused-ring (bicyclic) bond motifs is 2. The lowest BCUT2D eigenvalue weighted by molar-refractivity contribution is 0.0730. The minimum absolute atomic E-state index is 0.0853. The molecule has 1 atom stereocenters. The fourth-order valence-corrected chi connectivity index (χ4v) is 5.26. The molecule has 1 unspecified atom stereocenters. The molecule has 4 aromatic carbocycles. The molecule has 0 bridgehead atoms. The van der Waals surface area contributed by atoms with Gasteiger partial charge in [-0.25, -0.2) is 9.59 Å². The van der Waals surface area contributed by atoms with E-state index in [1.54, 1.807) is 72.8 Å². The molecule has 1 aliphatic rings. The molecule has 0 amide bonds. The van der Waals surface area contributed by atoms with Crippen molar-refractivity contribution in [1.29, 1.82) is 5.26 Å². The molecule has 2 N–H and O–H groups in total. The molecule has 5 aromatic rings. The normalized spacial score (nSPS) is 14.0. The fraction of sp³-hybridized carbons (Fsp3) is 0.0606. The van der Waals surface area contributed by atoms with Gasteiger partial charge in [0.2, 0.25) is 5.88 Å². The van der Waals surface area contributed by atoms with E-state index in [1.165, 1.54) is 12.1 Å². The van der Waals surface area contributed by atoms with E-state index in [-0.39, 0.29) is 35.1 Å². The van der Waals surface area contributed by atoms with Crippen LogP contribution in [0.5, 0.6) is 17.2 Å². The van der Waals surface area contributed by atoms with Gasteiger partial charge in [-0.15, -0.1) is 0 Å². The molecule has 1 aliphatic heterocycles. The Kier molecular flexibility index (Phi) is 7.51.